The fourth-order valence-electron chi connectivity index (χ4n) is 0.647. The Morgan fingerprint density at radius 1 is 1.50 bits per heavy atom. The highest BCUT2D eigenvalue weighted by Gasteiger charge is 2.34. The summed E-state index contributed by atoms with van der Waals surface area (Å²) in [5.41, 5.74) is -2.04. The minimum absolute atomic E-state index is 0.315. The van der Waals surface area contributed by atoms with Gasteiger partial charge in [-0.1, -0.05) is 11.6 Å². The van der Waals surface area contributed by atoms with Gasteiger partial charge in [0.05, 0.1) is 6.20 Å². The van der Waals surface area contributed by atoms with Gasteiger partial charge in [0, 0.05) is 0 Å². The van der Waals surface area contributed by atoms with Gasteiger partial charge in [0.1, 0.15) is 0 Å². The Morgan fingerprint density at radius 3 is 2.43 bits per heavy atom. The molecule has 14 heavy (non-hydrogen) atoms. The fraction of sp³-hybridized carbons (Fsp3) is 0.167. The van der Waals surface area contributed by atoms with E-state index in [1.54, 1.807) is 0 Å². The van der Waals surface area contributed by atoms with Crippen LogP contribution in [0.1, 0.15) is 16.2 Å². The number of alkyl halides is 3. The Balaban J connectivity index is 3.20. The number of nitrogens with zero attached hydrogens (tertiary/aromatic N) is 2. The number of hydrogen-bond donors (Lipinski definition) is 1. The molecular weight excluding hydrogens is 225 g/mol. The molecule has 1 N–H and O–H groups in total. The molecule has 0 radical (unpaired) electrons. The molecule has 76 valence electrons. The summed E-state index contributed by atoms with van der Waals surface area (Å²) in [6.07, 6.45) is -4.37. The van der Waals surface area contributed by atoms with Gasteiger partial charge in [0.15, 0.2) is 16.5 Å². The zero-order valence-corrected chi connectivity index (χ0v) is 7.10. The Labute approximate surface area is 80.4 Å². The highest BCUT2D eigenvalue weighted by Crippen LogP contribution is 2.28. The van der Waals surface area contributed by atoms with Crippen molar-refractivity contribution in [1.29, 1.82) is 0 Å². The predicted molar refractivity (Wildman–Crippen MR) is 39.0 cm³/mol. The number of carbonyl (C=O) groups is 1. The first-order chi connectivity index (χ1) is 6.32. The van der Waals surface area contributed by atoms with Crippen molar-refractivity contribution in [3.8, 4) is 0 Å². The lowest BCUT2D eigenvalue weighted by Crippen LogP contribution is -2.12. The molecule has 0 aliphatic rings. The van der Waals surface area contributed by atoms with Crippen LogP contribution in [-0.2, 0) is 6.18 Å². The van der Waals surface area contributed by atoms with E-state index < -0.39 is 28.7 Å². The number of rotatable bonds is 1. The molecule has 0 aromatic carbocycles. The number of aromatic carboxylic acids is 1. The van der Waals surface area contributed by atoms with Crippen LogP contribution in [0, 0.1) is 0 Å². The van der Waals surface area contributed by atoms with Gasteiger partial charge in [-0.25, -0.2) is 14.8 Å². The van der Waals surface area contributed by atoms with Crippen molar-refractivity contribution in [3.05, 3.63) is 22.7 Å². The normalized spacial score (nSPS) is 11.4. The summed E-state index contributed by atoms with van der Waals surface area (Å²) in [5, 5.41) is 7.61. The summed E-state index contributed by atoms with van der Waals surface area (Å²) < 4.78 is 36.0. The van der Waals surface area contributed by atoms with Crippen LogP contribution in [0.3, 0.4) is 0 Å². The number of carboxylic acid groups (broad SMARTS) is 1. The first-order valence-electron chi connectivity index (χ1n) is 3.15. The third-order valence-corrected chi connectivity index (χ3v) is 1.49. The summed E-state index contributed by atoms with van der Waals surface area (Å²) in [6.45, 7) is 0. The Bertz CT molecular complexity index is 380. The Morgan fingerprint density at radius 2 is 2.07 bits per heavy atom. The van der Waals surface area contributed by atoms with Crippen molar-refractivity contribution >= 4 is 17.6 Å². The summed E-state index contributed by atoms with van der Waals surface area (Å²) in [5.74, 6) is -1.53. The molecule has 0 atom stereocenters. The van der Waals surface area contributed by atoms with E-state index in [2.05, 4.69) is 9.97 Å². The monoisotopic (exact) mass is 226 g/mol. The molecular formula is C6H2ClF3N2O2. The van der Waals surface area contributed by atoms with E-state index in [0.717, 1.165) is 0 Å². The molecule has 0 unspecified atom stereocenters. The van der Waals surface area contributed by atoms with Crippen molar-refractivity contribution in [2.75, 3.05) is 0 Å². The molecule has 0 aliphatic heterocycles. The third kappa shape index (κ3) is 2.11. The summed E-state index contributed by atoms with van der Waals surface area (Å²) in [4.78, 5) is 16.2. The zero-order chi connectivity index (χ0) is 10.9. The van der Waals surface area contributed by atoms with E-state index in [1.807, 2.05) is 0 Å². The number of halogens is 4. The van der Waals surface area contributed by atoms with Gasteiger partial charge in [-0.05, 0) is 0 Å². The standard InChI is InChI=1S/C6H2ClF3N2O2/c7-4-3(5(13)14)11-1-2(12-4)6(8,9)10/h1H,(H,13,14). The van der Waals surface area contributed by atoms with E-state index in [9.17, 15) is 18.0 Å². The average molecular weight is 227 g/mol. The maximum absolute atomic E-state index is 12.0. The molecule has 1 aromatic rings. The Hall–Kier alpha value is -1.37. The molecule has 0 bridgehead atoms. The van der Waals surface area contributed by atoms with Gasteiger partial charge >= 0.3 is 12.1 Å². The maximum atomic E-state index is 12.0. The molecule has 0 amide bonds. The Kier molecular flexibility index (Phi) is 2.61. The van der Waals surface area contributed by atoms with Crippen LogP contribution in [0.5, 0.6) is 0 Å². The van der Waals surface area contributed by atoms with E-state index in [0.29, 0.717) is 6.20 Å². The van der Waals surface area contributed by atoms with Crippen molar-refractivity contribution in [2.45, 2.75) is 6.18 Å². The molecule has 8 heteroatoms. The molecule has 0 aliphatic carbocycles. The SMILES string of the molecule is O=C(O)c1ncc(C(F)(F)F)nc1Cl. The third-order valence-electron chi connectivity index (χ3n) is 1.22. The topological polar surface area (TPSA) is 63.1 Å². The molecule has 4 nitrogen and oxygen atoms in total. The minimum Gasteiger partial charge on any atom is -0.476 e. The first kappa shape index (κ1) is 10.7. The second kappa shape index (κ2) is 3.41. The largest absolute Gasteiger partial charge is 0.476 e. The second-order valence-corrected chi connectivity index (χ2v) is 2.56. The molecule has 1 aromatic heterocycles. The van der Waals surface area contributed by atoms with E-state index in [4.69, 9.17) is 16.7 Å². The van der Waals surface area contributed by atoms with Crippen LogP contribution < -0.4 is 0 Å². The van der Waals surface area contributed by atoms with Crippen LogP contribution >= 0.6 is 11.6 Å². The van der Waals surface area contributed by atoms with Crippen molar-refractivity contribution in [2.24, 2.45) is 0 Å². The highest BCUT2D eigenvalue weighted by atomic mass is 35.5. The maximum Gasteiger partial charge on any atom is 0.434 e. The molecule has 0 saturated heterocycles. The number of hydrogen-bond acceptors (Lipinski definition) is 3. The second-order valence-electron chi connectivity index (χ2n) is 2.20. The lowest BCUT2D eigenvalue weighted by Gasteiger charge is -2.05. The summed E-state index contributed by atoms with van der Waals surface area (Å²) >= 11 is 5.18. The highest BCUT2D eigenvalue weighted by molar-refractivity contribution is 6.31. The predicted octanol–water partition coefficient (Wildman–Crippen LogP) is 1.85. The average Bonchev–Trinajstić information content (AvgIpc) is 2.01. The molecule has 0 fully saturated rings. The van der Waals surface area contributed by atoms with Crippen LogP contribution in [0.4, 0.5) is 13.2 Å². The van der Waals surface area contributed by atoms with Crippen LogP contribution in [-0.4, -0.2) is 21.0 Å². The molecule has 1 heterocycles. The lowest BCUT2D eigenvalue weighted by molar-refractivity contribution is -0.141. The van der Waals surface area contributed by atoms with E-state index in [1.165, 1.54) is 0 Å². The smallest absolute Gasteiger partial charge is 0.434 e. The zero-order valence-electron chi connectivity index (χ0n) is 6.34. The quantitative estimate of drug-likeness (QED) is 0.794. The lowest BCUT2D eigenvalue weighted by atomic mass is 10.4. The van der Waals surface area contributed by atoms with Crippen LogP contribution in [0.15, 0.2) is 6.20 Å². The number of carboxylic acids is 1. The van der Waals surface area contributed by atoms with Crippen LogP contribution in [0.25, 0.3) is 0 Å². The van der Waals surface area contributed by atoms with E-state index in [-0.39, 0.29) is 0 Å². The minimum atomic E-state index is -4.69. The van der Waals surface area contributed by atoms with Crippen molar-refractivity contribution in [3.63, 3.8) is 0 Å². The molecule has 0 saturated carbocycles. The summed E-state index contributed by atoms with van der Waals surface area (Å²) in [6, 6.07) is 0. The fourth-order valence-corrected chi connectivity index (χ4v) is 0.867. The van der Waals surface area contributed by atoms with Gasteiger partial charge in [-0.2, -0.15) is 13.2 Å². The summed E-state index contributed by atoms with van der Waals surface area (Å²) in [7, 11) is 0. The number of aromatic nitrogens is 2. The van der Waals surface area contributed by atoms with Crippen molar-refractivity contribution in [1.82, 2.24) is 9.97 Å². The van der Waals surface area contributed by atoms with Gasteiger partial charge in [0.2, 0.25) is 0 Å². The molecule has 0 spiro atoms. The van der Waals surface area contributed by atoms with Gasteiger partial charge < -0.3 is 5.11 Å². The van der Waals surface area contributed by atoms with Crippen LogP contribution in [0.2, 0.25) is 5.15 Å². The van der Waals surface area contributed by atoms with Crippen molar-refractivity contribution < 1.29 is 23.1 Å². The first-order valence-corrected chi connectivity index (χ1v) is 3.53. The molecule has 1 rings (SSSR count). The van der Waals surface area contributed by atoms with Gasteiger partial charge in [-0.3, -0.25) is 0 Å². The van der Waals surface area contributed by atoms with Gasteiger partial charge in [-0.15, -0.1) is 0 Å². The van der Waals surface area contributed by atoms with E-state index >= 15 is 0 Å². The van der Waals surface area contributed by atoms with Gasteiger partial charge in [0.25, 0.3) is 0 Å².